The maximum absolute atomic E-state index is 11.3. The van der Waals surface area contributed by atoms with E-state index in [1.807, 2.05) is 0 Å². The third kappa shape index (κ3) is 1.19. The summed E-state index contributed by atoms with van der Waals surface area (Å²) in [5.74, 6) is 0.928. The summed E-state index contributed by atoms with van der Waals surface area (Å²) in [5.41, 5.74) is 0.243. The number of likely N-dealkylation sites (N-methyl/N-ethyl adjacent to an activating group) is 1. The fourth-order valence-electron chi connectivity index (χ4n) is 1.06. The van der Waals surface area contributed by atoms with Gasteiger partial charge in [-0.25, -0.2) is 9.59 Å². The topological polar surface area (TPSA) is 57.5 Å². The molecule has 0 bridgehead atoms. The van der Waals surface area contributed by atoms with E-state index >= 15 is 0 Å². The van der Waals surface area contributed by atoms with Gasteiger partial charge in [-0.1, -0.05) is 0 Å². The molecule has 0 saturated heterocycles. The van der Waals surface area contributed by atoms with Gasteiger partial charge < -0.3 is 0 Å². The van der Waals surface area contributed by atoms with Crippen molar-refractivity contribution >= 4 is 23.6 Å². The quantitative estimate of drug-likeness (QED) is 0.286. The fraction of sp³-hybridized carbons (Fsp3) is 0.375. The highest BCUT2D eigenvalue weighted by Crippen LogP contribution is 2.07. The molecule has 13 heavy (non-hydrogen) atoms. The van der Waals surface area contributed by atoms with Gasteiger partial charge >= 0.3 is 11.9 Å². The van der Waals surface area contributed by atoms with Crippen LogP contribution in [0.5, 0.6) is 0 Å². The molecule has 0 aliphatic carbocycles. The Bertz CT molecular complexity index is 375. The van der Waals surface area contributed by atoms with Crippen LogP contribution in [0.2, 0.25) is 0 Å². The summed E-state index contributed by atoms with van der Waals surface area (Å²) in [7, 11) is 2.82. The Morgan fingerprint density at radius 1 is 1.38 bits per heavy atom. The first-order valence-electron chi connectivity index (χ1n) is 3.65. The molecule has 0 saturated carbocycles. The van der Waals surface area contributed by atoms with E-state index in [1.54, 1.807) is 0 Å². The van der Waals surface area contributed by atoms with Gasteiger partial charge in [-0.05, 0) is 6.92 Å². The van der Waals surface area contributed by atoms with Crippen molar-refractivity contribution in [3.8, 4) is 0 Å². The molecule has 0 N–H and O–H groups in total. The highest BCUT2D eigenvalue weighted by Gasteiger charge is 2.39. The van der Waals surface area contributed by atoms with Crippen molar-refractivity contribution in [3.05, 3.63) is 5.57 Å². The first-order chi connectivity index (χ1) is 6.00. The SMILES string of the molecule is CC1=[N+](C)C(=O)N(C)C(=O)C1=C=O. The highest BCUT2D eigenvalue weighted by atomic mass is 16.2. The average Bonchev–Trinajstić information content (AvgIpc) is 2.13. The van der Waals surface area contributed by atoms with Crippen LogP contribution >= 0.6 is 0 Å². The normalized spacial score (nSPS) is 18.1. The van der Waals surface area contributed by atoms with Gasteiger partial charge in [0, 0.05) is 0 Å². The molecule has 0 aromatic heterocycles. The van der Waals surface area contributed by atoms with Gasteiger partial charge in [-0.2, -0.15) is 14.3 Å². The average molecular weight is 181 g/mol. The largest absolute Gasteiger partial charge is 0.500 e. The molecule has 68 valence electrons. The van der Waals surface area contributed by atoms with Crippen LogP contribution in [0.15, 0.2) is 5.57 Å². The predicted octanol–water partition coefficient (Wildman–Crippen LogP) is -0.560. The zero-order chi connectivity index (χ0) is 10.2. The van der Waals surface area contributed by atoms with Crippen molar-refractivity contribution in [3.63, 3.8) is 0 Å². The Balaban J connectivity index is 3.42. The molecule has 1 heterocycles. The number of imide groups is 1. The highest BCUT2D eigenvalue weighted by molar-refractivity contribution is 6.29. The van der Waals surface area contributed by atoms with Crippen LogP contribution in [-0.2, 0) is 9.59 Å². The minimum Gasteiger partial charge on any atom is -0.240 e. The first kappa shape index (κ1) is 9.35. The van der Waals surface area contributed by atoms with Gasteiger partial charge in [0.05, 0.1) is 14.1 Å². The van der Waals surface area contributed by atoms with Crippen molar-refractivity contribution in [2.45, 2.75) is 6.92 Å². The molecule has 1 aliphatic rings. The summed E-state index contributed by atoms with van der Waals surface area (Å²) in [4.78, 5) is 33.8. The van der Waals surface area contributed by atoms with Gasteiger partial charge in [0.1, 0.15) is 11.7 Å². The number of carbonyl (C=O) groups is 2. The fourth-order valence-corrected chi connectivity index (χ4v) is 1.06. The molecule has 0 aromatic rings. The molecule has 0 unspecified atom stereocenters. The molecule has 1 rings (SSSR count). The number of rotatable bonds is 0. The van der Waals surface area contributed by atoms with E-state index in [1.165, 1.54) is 31.5 Å². The van der Waals surface area contributed by atoms with E-state index < -0.39 is 11.9 Å². The maximum atomic E-state index is 11.3. The molecular formula is C8H9N2O3+. The summed E-state index contributed by atoms with van der Waals surface area (Å²) in [5, 5.41) is 0. The van der Waals surface area contributed by atoms with Crippen LogP contribution in [0.25, 0.3) is 0 Å². The van der Waals surface area contributed by atoms with E-state index in [0.717, 1.165) is 4.90 Å². The van der Waals surface area contributed by atoms with E-state index in [4.69, 9.17) is 0 Å². The predicted molar refractivity (Wildman–Crippen MR) is 44.2 cm³/mol. The molecule has 0 atom stereocenters. The lowest BCUT2D eigenvalue weighted by Crippen LogP contribution is -2.47. The molecular weight excluding hydrogens is 172 g/mol. The van der Waals surface area contributed by atoms with Crippen molar-refractivity contribution in [1.29, 1.82) is 0 Å². The zero-order valence-electron chi connectivity index (χ0n) is 7.62. The number of hydrogen-bond acceptors (Lipinski definition) is 3. The molecule has 0 aromatic carbocycles. The van der Waals surface area contributed by atoms with Crippen LogP contribution in [0.3, 0.4) is 0 Å². The second kappa shape index (κ2) is 2.95. The van der Waals surface area contributed by atoms with Crippen molar-refractivity contribution in [1.82, 2.24) is 4.90 Å². The van der Waals surface area contributed by atoms with E-state index in [2.05, 4.69) is 0 Å². The van der Waals surface area contributed by atoms with Gasteiger partial charge in [0.25, 0.3) is 0 Å². The van der Waals surface area contributed by atoms with Gasteiger partial charge in [-0.15, -0.1) is 0 Å². The van der Waals surface area contributed by atoms with Crippen molar-refractivity contribution in [2.24, 2.45) is 0 Å². The third-order valence-corrected chi connectivity index (χ3v) is 2.06. The number of nitrogens with zero attached hydrogens (tertiary/aromatic N) is 2. The molecule has 1 aliphatic heterocycles. The third-order valence-electron chi connectivity index (χ3n) is 2.06. The summed E-state index contributed by atoms with van der Waals surface area (Å²) >= 11 is 0. The molecule has 0 spiro atoms. The summed E-state index contributed by atoms with van der Waals surface area (Å²) in [6.07, 6.45) is 0. The maximum Gasteiger partial charge on any atom is 0.500 e. The Hall–Kier alpha value is -1.74. The Labute approximate surface area is 74.9 Å². The molecule has 0 radical (unpaired) electrons. The Morgan fingerprint density at radius 2 is 1.92 bits per heavy atom. The second-order valence-corrected chi connectivity index (χ2v) is 2.77. The summed E-state index contributed by atoms with van der Waals surface area (Å²) in [6, 6.07) is -0.443. The van der Waals surface area contributed by atoms with Crippen molar-refractivity contribution in [2.75, 3.05) is 14.1 Å². The molecule has 5 nitrogen and oxygen atoms in total. The number of amides is 3. The summed E-state index contributed by atoms with van der Waals surface area (Å²) in [6.45, 7) is 1.53. The lowest BCUT2D eigenvalue weighted by Gasteiger charge is -2.15. The standard InChI is InChI=1S/C8H9N2O3/c1-5-6(4-11)7(12)10(3)8(13)9(5)2/h1-3H3/q+1. The van der Waals surface area contributed by atoms with E-state index in [9.17, 15) is 14.4 Å². The second-order valence-electron chi connectivity index (χ2n) is 2.77. The monoisotopic (exact) mass is 181 g/mol. The van der Waals surface area contributed by atoms with Gasteiger partial charge in [0.15, 0.2) is 5.57 Å². The van der Waals surface area contributed by atoms with Crippen molar-refractivity contribution < 1.29 is 19.0 Å². The van der Waals surface area contributed by atoms with E-state index in [-0.39, 0.29) is 5.57 Å². The van der Waals surface area contributed by atoms with Gasteiger partial charge in [-0.3, -0.25) is 0 Å². The van der Waals surface area contributed by atoms with Crippen LogP contribution in [0, 0.1) is 0 Å². The lowest BCUT2D eigenvalue weighted by molar-refractivity contribution is -0.402. The minimum atomic E-state index is -0.601. The van der Waals surface area contributed by atoms with Crippen LogP contribution in [0.4, 0.5) is 4.79 Å². The van der Waals surface area contributed by atoms with Gasteiger partial charge in [0.2, 0.25) is 0 Å². The Kier molecular flexibility index (Phi) is 2.12. The number of carbonyl (C=O) groups excluding carboxylic acids is 3. The number of urea groups is 1. The first-order valence-corrected chi connectivity index (χ1v) is 3.65. The smallest absolute Gasteiger partial charge is 0.240 e. The van der Waals surface area contributed by atoms with E-state index in [0.29, 0.717) is 5.71 Å². The number of hydrogen-bond donors (Lipinski definition) is 0. The summed E-state index contributed by atoms with van der Waals surface area (Å²) < 4.78 is 1.24. The zero-order valence-corrected chi connectivity index (χ0v) is 7.62. The molecule has 0 fully saturated rings. The Morgan fingerprint density at radius 3 is 2.38 bits per heavy atom. The minimum absolute atomic E-state index is 0.0930. The van der Waals surface area contributed by atoms with Crippen LogP contribution < -0.4 is 0 Å². The molecule has 3 amide bonds. The lowest BCUT2D eigenvalue weighted by atomic mass is 10.1. The van der Waals surface area contributed by atoms with Crippen LogP contribution in [-0.4, -0.2) is 47.2 Å². The molecule has 5 heteroatoms. The van der Waals surface area contributed by atoms with Crippen LogP contribution in [0.1, 0.15) is 6.92 Å².